The minimum Gasteiger partial charge on any atom is -0.378 e. The molecule has 3 rings (SSSR count). The van der Waals surface area contributed by atoms with Gasteiger partial charge in [-0.2, -0.15) is 0 Å². The standard InChI is InChI=1S/C13H15BrN2OS/c14-9-3-4-11-12(8-9)18-13(16-11)15-6-5-10-2-1-7-17-10/h3-4,8,10H,1-2,5-7H2,(H,15,16). The Hall–Kier alpha value is -0.650. The highest BCUT2D eigenvalue weighted by Gasteiger charge is 2.14. The molecule has 0 aliphatic carbocycles. The van der Waals surface area contributed by atoms with Crippen LogP contribution < -0.4 is 5.32 Å². The van der Waals surface area contributed by atoms with Crippen molar-refractivity contribution in [2.24, 2.45) is 0 Å². The normalized spacial score (nSPS) is 19.5. The van der Waals surface area contributed by atoms with E-state index in [1.54, 1.807) is 11.3 Å². The first-order chi connectivity index (χ1) is 8.81. The third-order valence-corrected chi connectivity index (χ3v) is 4.59. The Balaban J connectivity index is 1.60. The van der Waals surface area contributed by atoms with Crippen molar-refractivity contribution >= 4 is 42.6 Å². The Morgan fingerprint density at radius 3 is 3.28 bits per heavy atom. The molecule has 1 aliphatic heterocycles. The van der Waals surface area contributed by atoms with Crippen LogP contribution in [0.4, 0.5) is 5.13 Å². The van der Waals surface area contributed by atoms with E-state index in [-0.39, 0.29) is 0 Å². The van der Waals surface area contributed by atoms with E-state index in [1.807, 2.05) is 12.1 Å². The van der Waals surface area contributed by atoms with Gasteiger partial charge in [0.05, 0.1) is 16.3 Å². The molecule has 0 bridgehead atoms. The molecule has 0 spiro atoms. The summed E-state index contributed by atoms with van der Waals surface area (Å²) >= 11 is 5.18. The van der Waals surface area contributed by atoms with Crippen LogP contribution in [0.3, 0.4) is 0 Å². The van der Waals surface area contributed by atoms with Crippen molar-refractivity contribution in [3.8, 4) is 0 Å². The van der Waals surface area contributed by atoms with Crippen LogP contribution in [0.5, 0.6) is 0 Å². The lowest BCUT2D eigenvalue weighted by atomic mass is 10.2. The number of ether oxygens (including phenoxy) is 1. The van der Waals surface area contributed by atoms with Gasteiger partial charge in [0.1, 0.15) is 0 Å². The van der Waals surface area contributed by atoms with Gasteiger partial charge in [-0.1, -0.05) is 27.3 Å². The average Bonchev–Trinajstić information content (AvgIpc) is 2.97. The molecule has 1 unspecified atom stereocenters. The number of thiazole rings is 1. The number of hydrogen-bond acceptors (Lipinski definition) is 4. The van der Waals surface area contributed by atoms with Gasteiger partial charge in [-0.05, 0) is 37.5 Å². The number of benzene rings is 1. The van der Waals surface area contributed by atoms with Crippen molar-refractivity contribution in [3.63, 3.8) is 0 Å². The monoisotopic (exact) mass is 326 g/mol. The van der Waals surface area contributed by atoms with E-state index < -0.39 is 0 Å². The molecule has 5 heteroatoms. The summed E-state index contributed by atoms with van der Waals surface area (Å²) < 4.78 is 7.92. The van der Waals surface area contributed by atoms with Gasteiger partial charge in [0.2, 0.25) is 0 Å². The summed E-state index contributed by atoms with van der Waals surface area (Å²) in [6.45, 7) is 1.87. The summed E-state index contributed by atoms with van der Waals surface area (Å²) in [6, 6.07) is 6.18. The summed E-state index contributed by atoms with van der Waals surface area (Å²) in [5.74, 6) is 0. The number of nitrogens with one attached hydrogen (secondary N) is 1. The van der Waals surface area contributed by atoms with E-state index in [1.165, 1.54) is 17.5 Å². The first-order valence-corrected chi connectivity index (χ1v) is 7.84. The third kappa shape index (κ3) is 2.84. The van der Waals surface area contributed by atoms with Gasteiger partial charge in [-0.25, -0.2) is 4.98 Å². The number of anilines is 1. The number of halogens is 1. The maximum atomic E-state index is 5.60. The van der Waals surface area contributed by atoms with E-state index in [0.29, 0.717) is 6.10 Å². The molecule has 1 aliphatic rings. The predicted octanol–water partition coefficient (Wildman–Crippen LogP) is 4.04. The molecule has 0 radical (unpaired) electrons. The molecule has 3 nitrogen and oxygen atoms in total. The van der Waals surface area contributed by atoms with Crippen LogP contribution in [0.15, 0.2) is 22.7 Å². The molecule has 1 aromatic carbocycles. The highest BCUT2D eigenvalue weighted by Crippen LogP contribution is 2.28. The van der Waals surface area contributed by atoms with Crippen LogP contribution in [0.2, 0.25) is 0 Å². The van der Waals surface area contributed by atoms with E-state index in [9.17, 15) is 0 Å². The van der Waals surface area contributed by atoms with Crippen LogP contribution in [0.1, 0.15) is 19.3 Å². The van der Waals surface area contributed by atoms with Gasteiger partial charge in [-0.15, -0.1) is 0 Å². The summed E-state index contributed by atoms with van der Waals surface area (Å²) in [5.41, 5.74) is 1.06. The van der Waals surface area contributed by atoms with Gasteiger partial charge in [-0.3, -0.25) is 0 Å². The number of hydrogen-bond donors (Lipinski definition) is 1. The minimum atomic E-state index is 0.445. The summed E-state index contributed by atoms with van der Waals surface area (Å²) in [4.78, 5) is 4.56. The summed E-state index contributed by atoms with van der Waals surface area (Å²) in [5, 5.41) is 4.39. The Morgan fingerprint density at radius 1 is 1.50 bits per heavy atom. The van der Waals surface area contributed by atoms with Crippen LogP contribution in [-0.4, -0.2) is 24.2 Å². The van der Waals surface area contributed by atoms with Crippen LogP contribution >= 0.6 is 27.3 Å². The lowest BCUT2D eigenvalue weighted by Crippen LogP contribution is -2.12. The molecule has 2 aromatic rings. The SMILES string of the molecule is Brc1ccc2nc(NCCC3CCCO3)sc2c1. The van der Waals surface area contributed by atoms with Crippen molar-refractivity contribution in [1.29, 1.82) is 0 Å². The zero-order valence-electron chi connectivity index (χ0n) is 9.99. The lowest BCUT2D eigenvalue weighted by molar-refractivity contribution is 0.107. The number of fused-ring (bicyclic) bond motifs is 1. The Morgan fingerprint density at radius 2 is 2.44 bits per heavy atom. The fourth-order valence-electron chi connectivity index (χ4n) is 2.19. The van der Waals surface area contributed by atoms with Crippen molar-refractivity contribution in [2.75, 3.05) is 18.5 Å². The fraction of sp³-hybridized carbons (Fsp3) is 0.462. The smallest absolute Gasteiger partial charge is 0.183 e. The lowest BCUT2D eigenvalue weighted by Gasteiger charge is -2.08. The van der Waals surface area contributed by atoms with Crippen LogP contribution in [0.25, 0.3) is 10.2 Å². The molecule has 1 N–H and O–H groups in total. The Bertz CT molecular complexity index is 537. The second-order valence-corrected chi connectivity index (χ2v) is 6.43. The van der Waals surface area contributed by atoms with Gasteiger partial charge < -0.3 is 10.1 Å². The van der Waals surface area contributed by atoms with Gasteiger partial charge >= 0.3 is 0 Å². The molecule has 0 amide bonds. The van der Waals surface area contributed by atoms with Gasteiger partial charge in [0, 0.05) is 17.6 Å². The fourth-order valence-corrected chi connectivity index (χ4v) is 3.63. The second-order valence-electron chi connectivity index (χ2n) is 4.48. The zero-order chi connectivity index (χ0) is 12.4. The number of rotatable bonds is 4. The Labute approximate surface area is 119 Å². The molecular weight excluding hydrogens is 312 g/mol. The van der Waals surface area contributed by atoms with E-state index in [4.69, 9.17) is 4.74 Å². The second kappa shape index (κ2) is 5.55. The topological polar surface area (TPSA) is 34.2 Å². The third-order valence-electron chi connectivity index (χ3n) is 3.12. The van der Waals surface area contributed by atoms with Gasteiger partial charge in [0.25, 0.3) is 0 Å². The van der Waals surface area contributed by atoms with E-state index in [0.717, 1.165) is 34.7 Å². The molecule has 18 heavy (non-hydrogen) atoms. The first-order valence-electron chi connectivity index (χ1n) is 6.23. The van der Waals surface area contributed by atoms with E-state index in [2.05, 4.69) is 32.3 Å². The number of aromatic nitrogens is 1. The van der Waals surface area contributed by atoms with Crippen LogP contribution in [0, 0.1) is 0 Å². The zero-order valence-corrected chi connectivity index (χ0v) is 12.4. The summed E-state index contributed by atoms with van der Waals surface area (Å²) in [7, 11) is 0. The molecule has 1 saturated heterocycles. The minimum absolute atomic E-state index is 0.445. The molecule has 1 fully saturated rings. The molecular formula is C13H15BrN2OS. The predicted molar refractivity (Wildman–Crippen MR) is 79.4 cm³/mol. The molecule has 96 valence electrons. The van der Waals surface area contributed by atoms with Crippen molar-refractivity contribution in [1.82, 2.24) is 4.98 Å². The summed E-state index contributed by atoms with van der Waals surface area (Å²) in [6.07, 6.45) is 3.93. The van der Waals surface area contributed by atoms with Crippen molar-refractivity contribution in [3.05, 3.63) is 22.7 Å². The average molecular weight is 327 g/mol. The van der Waals surface area contributed by atoms with Gasteiger partial charge in [0.15, 0.2) is 5.13 Å². The molecule has 1 atom stereocenters. The van der Waals surface area contributed by atoms with E-state index >= 15 is 0 Å². The molecule has 0 saturated carbocycles. The van der Waals surface area contributed by atoms with Crippen molar-refractivity contribution < 1.29 is 4.74 Å². The quantitative estimate of drug-likeness (QED) is 0.920. The highest BCUT2D eigenvalue weighted by molar-refractivity contribution is 9.10. The molecule has 1 aromatic heterocycles. The van der Waals surface area contributed by atoms with Crippen molar-refractivity contribution in [2.45, 2.75) is 25.4 Å². The first kappa shape index (κ1) is 12.4. The largest absolute Gasteiger partial charge is 0.378 e. The molecule has 2 heterocycles. The number of nitrogens with zero attached hydrogens (tertiary/aromatic N) is 1. The maximum absolute atomic E-state index is 5.60. The van der Waals surface area contributed by atoms with Crippen LogP contribution in [-0.2, 0) is 4.74 Å². The Kier molecular flexibility index (Phi) is 3.82. The maximum Gasteiger partial charge on any atom is 0.183 e. The highest BCUT2D eigenvalue weighted by atomic mass is 79.9.